The van der Waals surface area contributed by atoms with E-state index < -0.39 is 23.7 Å². The molecule has 0 bridgehead atoms. The molecule has 0 unspecified atom stereocenters. The third-order valence-corrected chi connectivity index (χ3v) is 5.49. The van der Waals surface area contributed by atoms with Crippen molar-refractivity contribution in [3.8, 4) is 5.75 Å². The second-order valence-corrected chi connectivity index (χ2v) is 7.77. The van der Waals surface area contributed by atoms with Crippen molar-refractivity contribution in [3.63, 3.8) is 0 Å². The van der Waals surface area contributed by atoms with Gasteiger partial charge in [0.2, 0.25) is 0 Å². The zero-order valence-corrected chi connectivity index (χ0v) is 18.7. The number of benzene rings is 3. The highest BCUT2D eigenvalue weighted by Crippen LogP contribution is 2.25. The molecule has 0 aliphatic carbocycles. The number of rotatable bonds is 6. The molecule has 0 spiro atoms. The van der Waals surface area contributed by atoms with Crippen LogP contribution < -0.4 is 15.7 Å². The van der Waals surface area contributed by atoms with Gasteiger partial charge in [0.15, 0.2) is 6.04 Å². The maximum atomic E-state index is 13.1. The van der Waals surface area contributed by atoms with Crippen LogP contribution in [0.5, 0.6) is 5.75 Å². The number of carbonyl (C=O) groups is 2. The summed E-state index contributed by atoms with van der Waals surface area (Å²) in [4.78, 5) is 37.5. The van der Waals surface area contributed by atoms with Crippen LogP contribution in [0.3, 0.4) is 0 Å². The summed E-state index contributed by atoms with van der Waals surface area (Å²) < 4.78 is 16.2. The molecule has 3 aromatic carbocycles. The van der Waals surface area contributed by atoms with Gasteiger partial charge in [0, 0.05) is 17.0 Å². The van der Waals surface area contributed by atoms with Crippen molar-refractivity contribution in [1.29, 1.82) is 0 Å². The van der Waals surface area contributed by atoms with Gasteiger partial charge in [-0.2, -0.15) is 0 Å². The Hall–Kier alpha value is -4.39. The van der Waals surface area contributed by atoms with Gasteiger partial charge < -0.3 is 19.2 Å². The number of esters is 1. The van der Waals surface area contributed by atoms with Gasteiger partial charge in [-0.25, -0.2) is 14.4 Å². The minimum absolute atomic E-state index is 0.0612. The van der Waals surface area contributed by atoms with Crippen molar-refractivity contribution in [2.45, 2.75) is 26.5 Å². The van der Waals surface area contributed by atoms with Crippen molar-refractivity contribution in [1.82, 2.24) is 5.32 Å². The van der Waals surface area contributed by atoms with Crippen molar-refractivity contribution in [3.05, 3.63) is 112 Å². The molecule has 1 aromatic heterocycles. The molecule has 4 aromatic rings. The number of ether oxygens (including phenoxy) is 2. The van der Waals surface area contributed by atoms with E-state index >= 15 is 0 Å². The predicted molar refractivity (Wildman–Crippen MR) is 127 cm³/mol. The average molecular weight is 457 g/mol. The summed E-state index contributed by atoms with van der Waals surface area (Å²) in [5.41, 5.74) is 2.54. The normalized spacial score (nSPS) is 11.6. The van der Waals surface area contributed by atoms with E-state index in [4.69, 9.17) is 13.9 Å². The van der Waals surface area contributed by atoms with Gasteiger partial charge in [-0.05, 0) is 42.7 Å². The van der Waals surface area contributed by atoms with Gasteiger partial charge in [-0.3, -0.25) is 0 Å². The number of hydrogen-bond acceptors (Lipinski definition) is 6. The second kappa shape index (κ2) is 10.0. The Labute approximate surface area is 195 Å². The Bertz CT molecular complexity index is 1380. The van der Waals surface area contributed by atoms with Crippen LogP contribution in [0.4, 0.5) is 4.79 Å². The lowest BCUT2D eigenvalue weighted by molar-refractivity contribution is -0.136. The van der Waals surface area contributed by atoms with Gasteiger partial charge in [0.1, 0.15) is 17.9 Å². The Morgan fingerprint density at radius 1 is 0.912 bits per heavy atom. The van der Waals surface area contributed by atoms with E-state index in [9.17, 15) is 14.4 Å². The SMILES string of the molecule is Cc1c(C)c2ccc(OC(=O)[C@@H](NC(=O)OCc3ccccc3)c3ccccc3)cc2oc1=O. The Kier molecular flexibility index (Phi) is 6.73. The fourth-order valence-electron chi connectivity index (χ4n) is 3.47. The van der Waals surface area contributed by atoms with E-state index in [0.717, 1.165) is 16.5 Å². The number of fused-ring (bicyclic) bond motifs is 1. The summed E-state index contributed by atoms with van der Waals surface area (Å²) >= 11 is 0. The van der Waals surface area contributed by atoms with E-state index in [1.807, 2.05) is 37.3 Å². The van der Waals surface area contributed by atoms with E-state index in [0.29, 0.717) is 16.7 Å². The van der Waals surface area contributed by atoms with Crippen molar-refractivity contribution < 1.29 is 23.5 Å². The summed E-state index contributed by atoms with van der Waals surface area (Å²) in [5.74, 6) is -0.530. The summed E-state index contributed by atoms with van der Waals surface area (Å²) in [7, 11) is 0. The molecule has 172 valence electrons. The first-order valence-corrected chi connectivity index (χ1v) is 10.7. The van der Waals surface area contributed by atoms with Crippen LogP contribution in [0.25, 0.3) is 11.0 Å². The Morgan fingerprint density at radius 2 is 1.59 bits per heavy atom. The minimum atomic E-state index is -1.10. The molecule has 0 radical (unpaired) electrons. The molecule has 1 atom stereocenters. The molecule has 1 amide bonds. The van der Waals surface area contributed by atoms with Crippen LogP contribution in [0, 0.1) is 13.8 Å². The average Bonchev–Trinajstić information content (AvgIpc) is 2.85. The van der Waals surface area contributed by atoms with Crippen LogP contribution in [0.1, 0.15) is 28.3 Å². The molecule has 0 saturated carbocycles. The summed E-state index contributed by atoms with van der Waals surface area (Å²) in [6.45, 7) is 3.59. The molecule has 7 nitrogen and oxygen atoms in total. The lowest BCUT2D eigenvalue weighted by atomic mass is 10.1. The smallest absolute Gasteiger partial charge is 0.408 e. The van der Waals surface area contributed by atoms with Crippen molar-refractivity contribution in [2.24, 2.45) is 0 Å². The van der Waals surface area contributed by atoms with E-state index in [2.05, 4.69) is 5.32 Å². The molecular formula is C27H23NO6. The number of carbonyl (C=O) groups excluding carboxylic acids is 2. The lowest BCUT2D eigenvalue weighted by Crippen LogP contribution is -2.36. The fraction of sp³-hybridized carbons (Fsp3) is 0.148. The second-order valence-electron chi connectivity index (χ2n) is 7.77. The molecule has 7 heteroatoms. The fourth-order valence-corrected chi connectivity index (χ4v) is 3.47. The third kappa shape index (κ3) is 5.15. The predicted octanol–water partition coefficient (Wildman–Crippen LogP) is 4.98. The number of amides is 1. The van der Waals surface area contributed by atoms with Crippen LogP contribution in [0.15, 0.2) is 88.1 Å². The highest BCUT2D eigenvalue weighted by atomic mass is 16.6. The largest absolute Gasteiger partial charge is 0.445 e. The Morgan fingerprint density at radius 3 is 2.29 bits per heavy atom. The summed E-state index contributed by atoms with van der Waals surface area (Å²) in [5, 5.41) is 3.33. The van der Waals surface area contributed by atoms with Gasteiger partial charge in [-0.1, -0.05) is 60.7 Å². The summed E-state index contributed by atoms with van der Waals surface area (Å²) in [6, 6.07) is 21.6. The van der Waals surface area contributed by atoms with Gasteiger partial charge in [-0.15, -0.1) is 0 Å². The molecule has 0 fully saturated rings. The maximum absolute atomic E-state index is 13.1. The molecule has 0 aliphatic heterocycles. The zero-order valence-electron chi connectivity index (χ0n) is 18.7. The van der Waals surface area contributed by atoms with Crippen molar-refractivity contribution >= 4 is 23.0 Å². The number of alkyl carbamates (subject to hydrolysis) is 1. The first-order chi connectivity index (χ1) is 16.4. The van der Waals surface area contributed by atoms with E-state index in [1.54, 1.807) is 49.4 Å². The molecule has 4 rings (SSSR count). The quantitative estimate of drug-likeness (QED) is 0.249. The van der Waals surface area contributed by atoms with Crippen molar-refractivity contribution in [2.75, 3.05) is 0 Å². The third-order valence-electron chi connectivity index (χ3n) is 5.49. The monoisotopic (exact) mass is 457 g/mol. The van der Waals surface area contributed by atoms with E-state index in [1.165, 1.54) is 6.07 Å². The molecule has 0 saturated heterocycles. The number of aryl methyl sites for hydroxylation is 1. The van der Waals surface area contributed by atoms with Crippen LogP contribution >= 0.6 is 0 Å². The summed E-state index contributed by atoms with van der Waals surface area (Å²) in [6.07, 6.45) is -0.759. The highest BCUT2D eigenvalue weighted by molar-refractivity contribution is 5.86. The van der Waals surface area contributed by atoms with Gasteiger partial charge >= 0.3 is 17.7 Å². The molecule has 0 aliphatic rings. The first kappa shape index (κ1) is 22.8. The molecule has 1 heterocycles. The highest BCUT2D eigenvalue weighted by Gasteiger charge is 2.26. The van der Waals surface area contributed by atoms with Crippen LogP contribution in [-0.2, 0) is 16.1 Å². The molecule has 1 N–H and O–H groups in total. The first-order valence-electron chi connectivity index (χ1n) is 10.7. The topological polar surface area (TPSA) is 94.8 Å². The molecular weight excluding hydrogens is 434 g/mol. The van der Waals surface area contributed by atoms with Gasteiger partial charge in [0.25, 0.3) is 0 Å². The lowest BCUT2D eigenvalue weighted by Gasteiger charge is -2.18. The number of hydrogen-bond donors (Lipinski definition) is 1. The maximum Gasteiger partial charge on any atom is 0.408 e. The standard InChI is InChI=1S/C27H23NO6/c1-17-18(2)25(29)34-23-15-21(13-14-22(17)23)33-26(30)24(20-11-7-4-8-12-20)28-27(31)32-16-19-9-5-3-6-10-19/h3-15,24H,16H2,1-2H3,(H,28,31)/t24-/m0/s1. The molecule has 34 heavy (non-hydrogen) atoms. The van der Waals surface area contributed by atoms with Crippen LogP contribution in [0.2, 0.25) is 0 Å². The zero-order chi connectivity index (χ0) is 24.1. The number of nitrogens with one attached hydrogen (secondary N) is 1. The minimum Gasteiger partial charge on any atom is -0.445 e. The Balaban J connectivity index is 1.53. The van der Waals surface area contributed by atoms with E-state index in [-0.39, 0.29) is 12.4 Å². The van der Waals surface area contributed by atoms with Gasteiger partial charge in [0.05, 0.1) is 0 Å². The van der Waals surface area contributed by atoms with Crippen LogP contribution in [-0.4, -0.2) is 12.1 Å².